The summed E-state index contributed by atoms with van der Waals surface area (Å²) in [5.74, 6) is 0.715. The standard InChI is InChI=1S/C19H18ClN7O/c1-19(5-6-19)17-23-24-18(28-17)26-8-4-12-15(22-10-21-12)16(26)13-9-14-11(20)3-2-7-27(14)25-13/h2-3,7,9-10,16H,4-6,8H2,1H3,(H,21,22)/t16-/m1/s1. The van der Waals surface area contributed by atoms with Gasteiger partial charge in [-0.2, -0.15) is 5.10 Å². The van der Waals surface area contributed by atoms with E-state index in [1.807, 2.05) is 24.4 Å². The Bertz CT molecular complexity index is 1190. The van der Waals surface area contributed by atoms with Gasteiger partial charge in [0.2, 0.25) is 5.89 Å². The van der Waals surface area contributed by atoms with Gasteiger partial charge in [-0.3, -0.25) is 0 Å². The highest BCUT2D eigenvalue weighted by atomic mass is 35.5. The third kappa shape index (κ3) is 2.30. The Morgan fingerprint density at radius 2 is 2.21 bits per heavy atom. The molecule has 1 aliphatic carbocycles. The van der Waals surface area contributed by atoms with Crippen molar-refractivity contribution in [1.82, 2.24) is 29.8 Å². The van der Waals surface area contributed by atoms with Crippen molar-refractivity contribution in [3.05, 3.63) is 58.7 Å². The highest BCUT2D eigenvalue weighted by molar-refractivity contribution is 6.33. The van der Waals surface area contributed by atoms with Crippen molar-refractivity contribution in [2.24, 2.45) is 0 Å². The average Bonchev–Trinajstić information content (AvgIpc) is 3.16. The largest absolute Gasteiger partial charge is 0.407 e. The Labute approximate surface area is 165 Å². The lowest BCUT2D eigenvalue weighted by atomic mass is 10.0. The average molecular weight is 396 g/mol. The van der Waals surface area contributed by atoms with Gasteiger partial charge in [-0.1, -0.05) is 23.6 Å². The number of halogens is 1. The molecule has 28 heavy (non-hydrogen) atoms. The van der Waals surface area contributed by atoms with Gasteiger partial charge in [0.25, 0.3) is 0 Å². The van der Waals surface area contributed by atoms with Crippen molar-refractivity contribution in [2.75, 3.05) is 11.4 Å². The first-order valence-electron chi connectivity index (χ1n) is 9.39. The molecule has 0 unspecified atom stereocenters. The molecule has 5 heterocycles. The van der Waals surface area contributed by atoms with Crippen LogP contribution in [0.4, 0.5) is 6.01 Å². The van der Waals surface area contributed by atoms with E-state index in [0.717, 1.165) is 48.4 Å². The maximum atomic E-state index is 6.37. The number of nitrogens with one attached hydrogen (secondary N) is 1. The molecule has 0 saturated heterocycles. The zero-order valence-corrected chi connectivity index (χ0v) is 16.0. The molecule has 1 aliphatic heterocycles. The summed E-state index contributed by atoms with van der Waals surface area (Å²) in [5, 5.41) is 14.1. The van der Waals surface area contributed by atoms with Gasteiger partial charge in [-0.15, -0.1) is 5.10 Å². The maximum Gasteiger partial charge on any atom is 0.319 e. The second-order valence-corrected chi connectivity index (χ2v) is 8.23. The van der Waals surface area contributed by atoms with Crippen LogP contribution < -0.4 is 4.90 Å². The van der Waals surface area contributed by atoms with Gasteiger partial charge in [0.05, 0.1) is 28.3 Å². The lowest BCUT2D eigenvalue weighted by molar-refractivity contribution is 0.431. The Morgan fingerprint density at radius 3 is 3.04 bits per heavy atom. The maximum absolute atomic E-state index is 6.37. The van der Waals surface area contributed by atoms with Crippen molar-refractivity contribution in [1.29, 1.82) is 0 Å². The smallest absolute Gasteiger partial charge is 0.319 e. The summed E-state index contributed by atoms with van der Waals surface area (Å²) in [4.78, 5) is 9.93. The quantitative estimate of drug-likeness (QED) is 0.572. The number of anilines is 1. The van der Waals surface area contributed by atoms with Crippen LogP contribution in [0, 0.1) is 0 Å². The fraction of sp³-hybridized carbons (Fsp3) is 0.368. The Hall–Kier alpha value is -2.87. The van der Waals surface area contributed by atoms with Gasteiger partial charge in [0.1, 0.15) is 6.04 Å². The van der Waals surface area contributed by atoms with Gasteiger partial charge >= 0.3 is 6.01 Å². The van der Waals surface area contributed by atoms with E-state index in [2.05, 4.69) is 32.0 Å². The van der Waals surface area contributed by atoms with Gasteiger partial charge in [-0.25, -0.2) is 9.50 Å². The number of nitrogens with zero attached hydrogens (tertiary/aromatic N) is 6. The van der Waals surface area contributed by atoms with E-state index in [4.69, 9.17) is 21.1 Å². The zero-order valence-electron chi connectivity index (χ0n) is 15.3. The van der Waals surface area contributed by atoms with E-state index in [0.29, 0.717) is 16.9 Å². The molecule has 1 fully saturated rings. The fourth-order valence-corrected chi connectivity index (χ4v) is 4.11. The predicted octanol–water partition coefficient (Wildman–Crippen LogP) is 3.30. The highest BCUT2D eigenvalue weighted by Gasteiger charge is 2.45. The Kier molecular flexibility index (Phi) is 3.21. The molecule has 4 aromatic heterocycles. The fourth-order valence-electron chi connectivity index (χ4n) is 3.89. The summed E-state index contributed by atoms with van der Waals surface area (Å²) in [5.41, 5.74) is 3.78. The summed E-state index contributed by atoms with van der Waals surface area (Å²) in [7, 11) is 0. The third-order valence-electron chi connectivity index (χ3n) is 5.85. The Morgan fingerprint density at radius 1 is 1.32 bits per heavy atom. The van der Waals surface area contributed by atoms with E-state index in [-0.39, 0.29) is 11.5 Å². The topological polar surface area (TPSA) is 88.1 Å². The summed E-state index contributed by atoms with van der Waals surface area (Å²) < 4.78 is 7.89. The van der Waals surface area contributed by atoms with Crippen molar-refractivity contribution >= 4 is 23.1 Å². The second-order valence-electron chi connectivity index (χ2n) is 7.82. The molecule has 0 radical (unpaired) electrons. The van der Waals surface area contributed by atoms with Crippen LogP contribution in [0.25, 0.3) is 5.52 Å². The SMILES string of the molecule is CC1(c2nnc(N3CCc4[nH]cnc4[C@H]3c3cc4c(Cl)cccn4n3)o2)CC1. The van der Waals surface area contributed by atoms with Gasteiger partial charge < -0.3 is 14.3 Å². The number of H-pyrrole nitrogens is 1. The molecular weight excluding hydrogens is 378 g/mol. The van der Waals surface area contributed by atoms with Gasteiger partial charge in [0, 0.05) is 30.3 Å². The number of aromatic amines is 1. The molecule has 1 atom stereocenters. The normalized spacial score (nSPS) is 20.5. The minimum absolute atomic E-state index is 0.0324. The molecule has 0 bridgehead atoms. The molecule has 1 N–H and O–H groups in total. The molecule has 2 aliphatic rings. The molecule has 8 nitrogen and oxygen atoms in total. The highest BCUT2D eigenvalue weighted by Crippen LogP contribution is 2.48. The number of aromatic nitrogens is 6. The van der Waals surface area contributed by atoms with Crippen molar-refractivity contribution < 1.29 is 4.42 Å². The van der Waals surface area contributed by atoms with Crippen LogP contribution in [-0.2, 0) is 11.8 Å². The van der Waals surface area contributed by atoms with Crippen molar-refractivity contribution in [3.8, 4) is 0 Å². The van der Waals surface area contributed by atoms with Crippen LogP contribution in [-0.4, -0.2) is 36.3 Å². The van der Waals surface area contributed by atoms with E-state index in [1.54, 1.807) is 10.8 Å². The first-order valence-corrected chi connectivity index (χ1v) is 9.77. The number of imidazole rings is 1. The summed E-state index contributed by atoms with van der Waals surface area (Å²) >= 11 is 6.37. The van der Waals surface area contributed by atoms with E-state index in [9.17, 15) is 0 Å². The molecule has 0 amide bonds. The minimum Gasteiger partial charge on any atom is -0.407 e. The summed E-state index contributed by atoms with van der Waals surface area (Å²) in [6.45, 7) is 2.90. The van der Waals surface area contributed by atoms with Crippen molar-refractivity contribution in [3.63, 3.8) is 0 Å². The number of rotatable bonds is 3. The van der Waals surface area contributed by atoms with E-state index in [1.165, 1.54) is 0 Å². The number of pyridine rings is 1. The van der Waals surface area contributed by atoms with Crippen LogP contribution in [0.1, 0.15) is 48.8 Å². The second kappa shape index (κ2) is 5.57. The van der Waals surface area contributed by atoms with Crippen LogP contribution in [0.2, 0.25) is 5.02 Å². The summed E-state index contributed by atoms with van der Waals surface area (Å²) in [6, 6.07) is 6.05. The number of fused-ring (bicyclic) bond motifs is 2. The molecule has 142 valence electrons. The monoisotopic (exact) mass is 395 g/mol. The Balaban J connectivity index is 1.48. The first kappa shape index (κ1) is 16.1. The third-order valence-corrected chi connectivity index (χ3v) is 6.17. The molecule has 6 rings (SSSR count). The molecule has 0 aromatic carbocycles. The lowest BCUT2D eigenvalue weighted by Gasteiger charge is -2.32. The molecule has 9 heteroatoms. The zero-order chi connectivity index (χ0) is 18.9. The molecule has 4 aromatic rings. The van der Waals surface area contributed by atoms with Gasteiger partial charge in [-0.05, 0) is 31.0 Å². The number of hydrogen-bond acceptors (Lipinski definition) is 6. The van der Waals surface area contributed by atoms with Crippen LogP contribution in [0.5, 0.6) is 0 Å². The predicted molar refractivity (Wildman–Crippen MR) is 103 cm³/mol. The molecule has 1 saturated carbocycles. The van der Waals surface area contributed by atoms with E-state index < -0.39 is 0 Å². The summed E-state index contributed by atoms with van der Waals surface area (Å²) in [6.07, 6.45) is 6.63. The van der Waals surface area contributed by atoms with Crippen LogP contribution in [0.3, 0.4) is 0 Å². The van der Waals surface area contributed by atoms with Crippen molar-refractivity contribution in [2.45, 2.75) is 37.6 Å². The minimum atomic E-state index is -0.216. The first-order chi connectivity index (χ1) is 13.6. The van der Waals surface area contributed by atoms with Crippen LogP contribution >= 0.6 is 11.6 Å². The molecular formula is C19H18ClN7O. The lowest BCUT2D eigenvalue weighted by Crippen LogP contribution is -2.37. The van der Waals surface area contributed by atoms with Gasteiger partial charge in [0.15, 0.2) is 0 Å². The van der Waals surface area contributed by atoms with E-state index >= 15 is 0 Å². The number of hydrogen-bond donors (Lipinski definition) is 1. The van der Waals surface area contributed by atoms with Crippen LogP contribution in [0.15, 0.2) is 35.1 Å². The molecule has 0 spiro atoms.